The lowest BCUT2D eigenvalue weighted by Gasteiger charge is -2.26. The van der Waals surface area contributed by atoms with Crippen molar-refractivity contribution in [3.63, 3.8) is 0 Å². The quantitative estimate of drug-likeness (QED) is 0.463. The molecule has 0 aliphatic carbocycles. The first-order chi connectivity index (χ1) is 9.95. The van der Waals surface area contributed by atoms with E-state index < -0.39 is 0 Å². The monoisotopic (exact) mass is 284 g/mol. The summed E-state index contributed by atoms with van der Waals surface area (Å²) in [6.07, 6.45) is 13.5. The van der Waals surface area contributed by atoms with Crippen LogP contribution in [0.1, 0.15) is 64.2 Å². The topological polar surface area (TPSA) is 63.4 Å². The number of hydrogen-bond donors (Lipinski definition) is 5. The van der Waals surface area contributed by atoms with Crippen LogP contribution >= 0.6 is 0 Å². The van der Waals surface area contributed by atoms with E-state index in [1.54, 1.807) is 0 Å². The van der Waals surface area contributed by atoms with Crippen molar-refractivity contribution in [2.45, 2.75) is 64.2 Å². The maximum atomic E-state index is 3.27. The Balaban J connectivity index is 1.89. The highest BCUT2D eigenvalue weighted by molar-refractivity contribution is 4.64. The molecule has 3 heterocycles. The largest absolute Gasteiger partial charge is 0.243 e. The van der Waals surface area contributed by atoms with Gasteiger partial charge in [0.05, 0.1) is 0 Å². The van der Waals surface area contributed by atoms with Crippen LogP contribution in [-0.4, -0.2) is 24.6 Å². The SMILES string of the molecule is C1CCCN2CCCCCCC(CC1)CNNNNN2. The zero-order valence-electron chi connectivity index (χ0n) is 12.7. The van der Waals surface area contributed by atoms with Crippen molar-refractivity contribution >= 4 is 0 Å². The van der Waals surface area contributed by atoms with E-state index in [2.05, 4.69) is 32.6 Å². The standard InChI is InChI=1S/C14H32N6/c1-3-7-11-20-12-8-4-2-6-10-14(9-5-1)13-15-16-17-18-19-20/h14-19H,1-13H2. The summed E-state index contributed by atoms with van der Waals surface area (Å²) in [6.45, 7) is 3.27. The first-order valence-electron chi connectivity index (χ1n) is 8.43. The van der Waals surface area contributed by atoms with Gasteiger partial charge in [0.2, 0.25) is 0 Å². The van der Waals surface area contributed by atoms with Gasteiger partial charge >= 0.3 is 0 Å². The number of hydrazine groups is 5. The van der Waals surface area contributed by atoms with Crippen molar-refractivity contribution in [3.05, 3.63) is 0 Å². The Morgan fingerprint density at radius 2 is 1.30 bits per heavy atom. The van der Waals surface area contributed by atoms with Crippen LogP contribution in [0.3, 0.4) is 0 Å². The highest BCUT2D eigenvalue weighted by Gasteiger charge is 2.10. The van der Waals surface area contributed by atoms with Crippen molar-refractivity contribution in [2.24, 2.45) is 5.92 Å². The summed E-state index contributed by atoms with van der Waals surface area (Å²) in [5.74, 6) is 0.805. The van der Waals surface area contributed by atoms with Crippen LogP contribution in [0.15, 0.2) is 0 Å². The third kappa shape index (κ3) is 6.97. The second-order valence-electron chi connectivity index (χ2n) is 6.13. The Hall–Kier alpha value is -0.240. The second-order valence-corrected chi connectivity index (χ2v) is 6.13. The summed E-state index contributed by atoms with van der Waals surface area (Å²) in [7, 11) is 0. The average molecular weight is 284 g/mol. The molecule has 118 valence electrons. The molecule has 0 unspecified atom stereocenters. The molecule has 0 radical (unpaired) electrons. The van der Waals surface area contributed by atoms with Crippen LogP contribution in [-0.2, 0) is 0 Å². The summed E-state index contributed by atoms with van der Waals surface area (Å²) >= 11 is 0. The van der Waals surface area contributed by atoms with Gasteiger partial charge < -0.3 is 0 Å². The van der Waals surface area contributed by atoms with E-state index in [9.17, 15) is 0 Å². The molecule has 3 fully saturated rings. The summed E-state index contributed by atoms with van der Waals surface area (Å²) in [5.41, 5.74) is 15.5. The van der Waals surface area contributed by atoms with Gasteiger partial charge in [-0.25, -0.2) is 10.4 Å². The highest BCUT2D eigenvalue weighted by atomic mass is 15.9. The Morgan fingerprint density at radius 1 is 0.650 bits per heavy atom. The van der Waals surface area contributed by atoms with Gasteiger partial charge in [0.1, 0.15) is 0 Å². The fraction of sp³-hybridized carbons (Fsp3) is 1.00. The minimum absolute atomic E-state index is 0.805. The Morgan fingerprint density at radius 3 is 2.00 bits per heavy atom. The van der Waals surface area contributed by atoms with Gasteiger partial charge in [-0.3, -0.25) is 0 Å². The molecule has 0 aromatic carbocycles. The third-order valence-corrected chi connectivity index (χ3v) is 4.40. The number of nitrogens with zero attached hydrogens (tertiary/aromatic N) is 1. The molecule has 6 heteroatoms. The molecule has 0 aromatic rings. The van der Waals surface area contributed by atoms with Gasteiger partial charge in [0.15, 0.2) is 0 Å². The van der Waals surface area contributed by atoms with E-state index in [4.69, 9.17) is 0 Å². The van der Waals surface area contributed by atoms with Crippen molar-refractivity contribution in [1.82, 2.24) is 32.6 Å². The first-order valence-corrected chi connectivity index (χ1v) is 8.43. The van der Waals surface area contributed by atoms with Crippen LogP contribution in [0.5, 0.6) is 0 Å². The molecular formula is C14H32N6. The zero-order chi connectivity index (χ0) is 13.9. The van der Waals surface area contributed by atoms with Gasteiger partial charge in [0.25, 0.3) is 0 Å². The van der Waals surface area contributed by atoms with E-state index in [0.29, 0.717) is 0 Å². The number of nitrogens with one attached hydrogen (secondary N) is 5. The fourth-order valence-electron chi connectivity index (χ4n) is 3.13. The minimum Gasteiger partial charge on any atom is -0.243 e. The summed E-state index contributed by atoms with van der Waals surface area (Å²) in [5, 5.41) is 2.29. The van der Waals surface area contributed by atoms with Gasteiger partial charge in [0, 0.05) is 19.6 Å². The minimum atomic E-state index is 0.805. The first kappa shape index (κ1) is 16.1. The fourth-order valence-corrected chi connectivity index (χ4v) is 3.13. The molecule has 2 bridgehead atoms. The van der Waals surface area contributed by atoms with Crippen molar-refractivity contribution in [2.75, 3.05) is 19.6 Å². The summed E-state index contributed by atoms with van der Waals surface area (Å²) in [4.78, 5) is 0. The molecule has 0 amide bonds. The van der Waals surface area contributed by atoms with Crippen LogP contribution in [0.25, 0.3) is 0 Å². The predicted octanol–water partition coefficient (Wildman–Crippen LogP) is 1.36. The van der Waals surface area contributed by atoms with Crippen molar-refractivity contribution < 1.29 is 0 Å². The molecule has 3 rings (SSSR count). The van der Waals surface area contributed by atoms with Crippen LogP contribution in [0.4, 0.5) is 0 Å². The van der Waals surface area contributed by atoms with E-state index in [-0.39, 0.29) is 0 Å². The van der Waals surface area contributed by atoms with Crippen LogP contribution < -0.4 is 27.6 Å². The summed E-state index contributed by atoms with van der Waals surface area (Å²) < 4.78 is 0. The molecule has 0 aromatic heterocycles. The Labute approximate surface area is 123 Å². The normalized spacial score (nSPS) is 32.4. The maximum absolute atomic E-state index is 3.27. The number of fused-ring (bicyclic) bond motifs is 15. The maximum Gasteiger partial charge on any atom is 0.0144 e. The Bertz CT molecular complexity index is 176. The molecule has 6 nitrogen and oxygen atoms in total. The molecule has 0 atom stereocenters. The van der Waals surface area contributed by atoms with Crippen molar-refractivity contribution in [1.29, 1.82) is 0 Å². The molecule has 0 saturated carbocycles. The van der Waals surface area contributed by atoms with E-state index in [1.165, 1.54) is 64.2 Å². The highest BCUT2D eigenvalue weighted by Crippen LogP contribution is 2.18. The van der Waals surface area contributed by atoms with Crippen LogP contribution in [0.2, 0.25) is 0 Å². The third-order valence-electron chi connectivity index (χ3n) is 4.40. The van der Waals surface area contributed by atoms with E-state index >= 15 is 0 Å². The van der Waals surface area contributed by atoms with Crippen molar-refractivity contribution in [3.8, 4) is 0 Å². The molecule has 5 N–H and O–H groups in total. The number of hydrogen-bond acceptors (Lipinski definition) is 6. The molecule has 20 heavy (non-hydrogen) atoms. The molecule has 3 aliphatic heterocycles. The number of rotatable bonds is 0. The van der Waals surface area contributed by atoms with E-state index in [0.717, 1.165) is 25.6 Å². The molecular weight excluding hydrogens is 252 g/mol. The average Bonchev–Trinajstić information content (AvgIpc) is 2.47. The smallest absolute Gasteiger partial charge is 0.0144 e. The molecule has 3 aliphatic rings. The molecule has 3 saturated heterocycles. The molecule has 0 spiro atoms. The second kappa shape index (κ2) is 10.5. The van der Waals surface area contributed by atoms with Gasteiger partial charge in [-0.05, 0) is 31.6 Å². The lowest BCUT2D eigenvalue weighted by Crippen LogP contribution is -2.60. The predicted molar refractivity (Wildman–Crippen MR) is 81.8 cm³/mol. The van der Waals surface area contributed by atoms with E-state index in [1.807, 2.05) is 0 Å². The van der Waals surface area contributed by atoms with Gasteiger partial charge in [-0.15, -0.1) is 0 Å². The lowest BCUT2D eigenvalue weighted by molar-refractivity contribution is 0.113. The van der Waals surface area contributed by atoms with Gasteiger partial charge in [-0.2, -0.15) is 22.1 Å². The summed E-state index contributed by atoms with van der Waals surface area (Å²) in [6, 6.07) is 0. The zero-order valence-corrected chi connectivity index (χ0v) is 12.7. The van der Waals surface area contributed by atoms with Crippen LogP contribution in [0, 0.1) is 5.92 Å². The Kier molecular flexibility index (Phi) is 8.46. The lowest BCUT2D eigenvalue weighted by atomic mass is 9.94. The van der Waals surface area contributed by atoms with Gasteiger partial charge in [-0.1, -0.05) is 38.5 Å².